The summed E-state index contributed by atoms with van der Waals surface area (Å²) in [6, 6.07) is 1.30. The lowest BCUT2D eigenvalue weighted by Crippen LogP contribution is -2.58. The van der Waals surface area contributed by atoms with Gasteiger partial charge in [-0.3, -0.25) is 19.4 Å². The first-order chi connectivity index (χ1) is 25.2. The normalized spacial score (nSPS) is 21.6. The topological polar surface area (TPSA) is 181 Å². The maximum Gasteiger partial charge on any atom is 0.407 e. The highest BCUT2D eigenvalue weighted by Crippen LogP contribution is 2.28. The number of aliphatic hydroxyl groups excluding tert-OH is 1. The minimum absolute atomic E-state index is 0.0367. The average molecular weight is 771 g/mol. The summed E-state index contributed by atoms with van der Waals surface area (Å²) in [5.41, 5.74) is 2.03. The molecule has 1 aromatic rings. The van der Waals surface area contributed by atoms with Crippen LogP contribution in [0.3, 0.4) is 0 Å². The molecule has 1 aliphatic carbocycles. The summed E-state index contributed by atoms with van der Waals surface area (Å²) in [4.78, 5) is 62.3. The van der Waals surface area contributed by atoms with Gasteiger partial charge in [0.25, 0.3) is 5.91 Å². The number of hydrogen-bond donors (Lipinski definition) is 4. The van der Waals surface area contributed by atoms with E-state index in [1.54, 1.807) is 17.7 Å². The monoisotopic (exact) mass is 770 g/mol. The third-order valence-corrected chi connectivity index (χ3v) is 9.10. The first-order valence-electron chi connectivity index (χ1n) is 18.2. The number of pyridine rings is 1. The number of amides is 4. The van der Waals surface area contributed by atoms with Gasteiger partial charge < -0.3 is 40.2 Å². The van der Waals surface area contributed by atoms with Crippen molar-refractivity contribution in [1.82, 2.24) is 25.8 Å². The van der Waals surface area contributed by atoms with Crippen LogP contribution in [0.4, 0.5) is 4.79 Å². The van der Waals surface area contributed by atoms with Crippen LogP contribution in [0.1, 0.15) is 81.6 Å². The number of aromatic nitrogens is 1. The van der Waals surface area contributed by atoms with E-state index in [1.165, 1.54) is 22.9 Å². The van der Waals surface area contributed by atoms with Gasteiger partial charge in [-0.15, -0.1) is 11.8 Å². The van der Waals surface area contributed by atoms with Crippen molar-refractivity contribution >= 4 is 41.1 Å². The largest absolute Gasteiger partial charge is 0.482 e. The molecule has 2 heterocycles. The number of carbonyl (C=O) groups is 4. The van der Waals surface area contributed by atoms with Crippen LogP contribution in [0.25, 0.3) is 0 Å². The van der Waals surface area contributed by atoms with Crippen LogP contribution in [0, 0.1) is 5.41 Å². The molecule has 4 N–H and O–H groups in total. The summed E-state index contributed by atoms with van der Waals surface area (Å²) < 4.78 is 16.8. The Morgan fingerprint density at radius 2 is 1.85 bits per heavy atom. The standard InChI is InChI=1S/C39H58N6O8S/c1-11-12-26(15-25(4)54-23-42-24(2)3)19-41-35(48)31-18-28(46)21-45(31)36(49)34(38(5,6)7)44-32(47)22-51-29-13-14-33(40-20-29)52-30-16-27(17-30)43-37(50)53-39(8,9)10/h11-15,20,23,25,27-28,30-31,34,46H,2,16-19,21-22H2,1,3-10H3,(H,41,48)(H,43,50)(H,44,47)/b12-11-,26-15+,42-23?/t25?,27?,28-,30?,31+,34-/m1/s1. The van der Waals surface area contributed by atoms with Gasteiger partial charge in [0.1, 0.15) is 29.5 Å². The quantitative estimate of drug-likeness (QED) is 0.105. The Bertz CT molecular complexity index is 1560. The Hall–Kier alpha value is -4.37. The van der Waals surface area contributed by atoms with Crippen molar-refractivity contribution < 1.29 is 38.5 Å². The summed E-state index contributed by atoms with van der Waals surface area (Å²) in [5, 5.41) is 19.2. The molecular formula is C39H58N6O8S. The fourth-order valence-corrected chi connectivity index (χ4v) is 6.36. The molecule has 14 nitrogen and oxygen atoms in total. The van der Waals surface area contributed by atoms with Crippen LogP contribution in [-0.4, -0.2) is 105 Å². The zero-order valence-electron chi connectivity index (χ0n) is 33.0. The average Bonchev–Trinajstić information content (AvgIpc) is 3.44. The van der Waals surface area contributed by atoms with Gasteiger partial charge in [0.2, 0.25) is 17.7 Å². The summed E-state index contributed by atoms with van der Waals surface area (Å²) in [6.07, 6.45) is 7.11. The van der Waals surface area contributed by atoms with E-state index in [9.17, 15) is 24.3 Å². The van der Waals surface area contributed by atoms with Gasteiger partial charge in [-0.2, -0.15) is 0 Å². The second kappa shape index (κ2) is 19.8. The smallest absolute Gasteiger partial charge is 0.407 e. The van der Waals surface area contributed by atoms with Crippen molar-refractivity contribution in [1.29, 1.82) is 0 Å². The highest BCUT2D eigenvalue weighted by atomic mass is 32.2. The Labute approximate surface area is 323 Å². The highest BCUT2D eigenvalue weighted by Gasteiger charge is 2.44. The molecule has 0 aromatic carbocycles. The van der Waals surface area contributed by atoms with E-state index >= 15 is 0 Å². The molecule has 54 heavy (non-hydrogen) atoms. The minimum Gasteiger partial charge on any atom is -0.482 e. The molecule has 4 amide bonds. The molecular weight excluding hydrogens is 713 g/mol. The van der Waals surface area contributed by atoms with Gasteiger partial charge in [0, 0.05) is 55.4 Å². The van der Waals surface area contributed by atoms with E-state index in [1.807, 2.05) is 80.5 Å². The highest BCUT2D eigenvalue weighted by molar-refractivity contribution is 8.12. The lowest BCUT2D eigenvalue weighted by molar-refractivity contribution is -0.144. The van der Waals surface area contributed by atoms with Crippen molar-refractivity contribution in [2.24, 2.45) is 10.4 Å². The third-order valence-electron chi connectivity index (χ3n) is 8.31. The number of allylic oxidation sites excluding steroid dienone is 2. The molecule has 4 atom stereocenters. The summed E-state index contributed by atoms with van der Waals surface area (Å²) in [7, 11) is 0. The Morgan fingerprint density at radius 1 is 1.15 bits per heavy atom. The molecule has 2 aliphatic rings. The molecule has 1 saturated carbocycles. The number of hydrogen-bond acceptors (Lipinski definition) is 11. The van der Waals surface area contributed by atoms with Crippen molar-refractivity contribution in [2.45, 2.75) is 123 Å². The van der Waals surface area contributed by atoms with E-state index in [2.05, 4.69) is 32.5 Å². The minimum atomic E-state index is -1.00. The number of aliphatic imine (C=N–C) groups is 1. The molecule has 1 aliphatic heterocycles. The van der Waals surface area contributed by atoms with Crippen molar-refractivity contribution in [3.63, 3.8) is 0 Å². The lowest BCUT2D eigenvalue weighted by Gasteiger charge is -2.35. The van der Waals surface area contributed by atoms with Crippen molar-refractivity contribution in [3.8, 4) is 11.6 Å². The molecule has 1 aromatic heterocycles. The van der Waals surface area contributed by atoms with Gasteiger partial charge >= 0.3 is 6.09 Å². The van der Waals surface area contributed by atoms with Crippen LogP contribution in [-0.2, 0) is 19.1 Å². The second-order valence-corrected chi connectivity index (χ2v) is 16.9. The first kappa shape index (κ1) is 44.0. The molecule has 0 radical (unpaired) electrons. The number of β-amino-alcohol motifs (C(OH)–C–C–N with tert-alkyl or cyclic N) is 1. The fourth-order valence-electron chi connectivity index (χ4n) is 5.67. The van der Waals surface area contributed by atoms with E-state index in [-0.39, 0.29) is 43.5 Å². The summed E-state index contributed by atoms with van der Waals surface area (Å²) >= 11 is 1.52. The molecule has 298 valence electrons. The van der Waals surface area contributed by atoms with E-state index in [0.29, 0.717) is 30.2 Å². The van der Waals surface area contributed by atoms with E-state index in [0.717, 1.165) is 5.57 Å². The summed E-state index contributed by atoms with van der Waals surface area (Å²) in [5.74, 6) is -0.696. The first-order valence-corrected chi connectivity index (χ1v) is 19.2. The molecule has 2 fully saturated rings. The van der Waals surface area contributed by atoms with E-state index < -0.39 is 53.0 Å². The number of rotatable bonds is 16. The third kappa shape index (κ3) is 14.8. The van der Waals surface area contributed by atoms with Crippen LogP contribution < -0.4 is 25.4 Å². The van der Waals surface area contributed by atoms with Gasteiger partial charge in [0.05, 0.1) is 17.8 Å². The number of carbonyl (C=O) groups excluding carboxylic acids is 4. The maximum atomic E-state index is 14.0. The molecule has 3 rings (SSSR count). The number of aliphatic hydroxyl groups is 1. The number of ether oxygens (including phenoxy) is 3. The molecule has 1 saturated heterocycles. The predicted octanol–water partition coefficient (Wildman–Crippen LogP) is 4.69. The number of nitrogens with one attached hydrogen (secondary N) is 3. The second-order valence-electron chi connectivity index (χ2n) is 15.7. The molecule has 15 heteroatoms. The number of alkyl carbamates (subject to hydrolysis) is 1. The van der Waals surface area contributed by atoms with Crippen LogP contribution in [0.5, 0.6) is 11.6 Å². The van der Waals surface area contributed by atoms with Crippen LogP contribution in [0.2, 0.25) is 0 Å². The molecule has 0 spiro atoms. The number of nitrogens with zero attached hydrogens (tertiary/aromatic N) is 3. The van der Waals surface area contributed by atoms with Crippen LogP contribution in [0.15, 0.2) is 59.4 Å². The van der Waals surface area contributed by atoms with Crippen molar-refractivity contribution in [3.05, 3.63) is 54.4 Å². The van der Waals surface area contributed by atoms with E-state index in [4.69, 9.17) is 14.2 Å². The fraction of sp³-hybridized carbons (Fsp3) is 0.590. The van der Waals surface area contributed by atoms with Gasteiger partial charge in [0.15, 0.2) is 6.61 Å². The SMILES string of the molecule is C=C(C)N=CSC(C)/C=C(\C=C/C)CNC(=O)[C@@H]1C[C@@H](O)CN1C(=O)[C@@H](NC(=O)COc1ccc(OC2CC(NC(=O)OC(C)(C)C)C2)nc1)C(C)(C)C. The van der Waals surface area contributed by atoms with Gasteiger partial charge in [-0.1, -0.05) is 45.6 Å². The Balaban J connectivity index is 1.53. The number of likely N-dealkylation sites (tertiary alicyclic amines) is 1. The molecule has 1 unspecified atom stereocenters. The van der Waals surface area contributed by atoms with Crippen LogP contribution >= 0.6 is 11.8 Å². The van der Waals surface area contributed by atoms with Crippen molar-refractivity contribution in [2.75, 3.05) is 19.7 Å². The maximum absolute atomic E-state index is 14.0. The molecule has 0 bridgehead atoms. The van der Waals surface area contributed by atoms with Gasteiger partial charge in [-0.05, 0) is 58.6 Å². The Morgan fingerprint density at radius 3 is 2.44 bits per heavy atom. The lowest BCUT2D eigenvalue weighted by atomic mass is 9.85. The summed E-state index contributed by atoms with van der Waals surface area (Å²) in [6.45, 7) is 20.2. The number of thioether (sulfide) groups is 1. The van der Waals surface area contributed by atoms with Gasteiger partial charge in [-0.25, -0.2) is 9.78 Å². The zero-order chi connectivity index (χ0) is 40.2. The predicted molar refractivity (Wildman–Crippen MR) is 210 cm³/mol. The zero-order valence-corrected chi connectivity index (χ0v) is 33.8. The Kier molecular flexibility index (Phi) is 16.2.